The molecule has 2 nitrogen and oxygen atoms in total. The van der Waals surface area contributed by atoms with E-state index in [0.717, 1.165) is 37.8 Å². The zero-order valence-electron chi connectivity index (χ0n) is 11.9. The van der Waals surface area contributed by atoms with Crippen LogP contribution in [0.2, 0.25) is 5.02 Å². The third-order valence-electron chi connectivity index (χ3n) is 4.43. The monoisotopic (exact) mass is 320 g/mol. The van der Waals surface area contributed by atoms with E-state index in [1.54, 1.807) is 0 Å². The summed E-state index contributed by atoms with van der Waals surface area (Å²) in [5.74, 6) is 0.371. The van der Waals surface area contributed by atoms with Gasteiger partial charge in [0.1, 0.15) is 0 Å². The Hall–Kier alpha value is -0.940. The fourth-order valence-corrected chi connectivity index (χ4v) is 3.57. The Balaban J connectivity index is 2.32. The van der Waals surface area contributed by atoms with Gasteiger partial charge in [0.05, 0.1) is 11.1 Å². The minimum absolute atomic E-state index is 0.0746. The molecule has 0 heterocycles. The summed E-state index contributed by atoms with van der Waals surface area (Å²) in [5, 5.41) is 3.32. The molecule has 1 saturated carbocycles. The highest BCUT2D eigenvalue weighted by molar-refractivity contribution is 6.30. The summed E-state index contributed by atoms with van der Waals surface area (Å²) in [7, 11) is 0. The maximum Gasteiger partial charge on any atom is 0.416 e. The summed E-state index contributed by atoms with van der Waals surface area (Å²) < 4.78 is 38.6. The number of hydrogen-bond acceptors (Lipinski definition) is 2. The van der Waals surface area contributed by atoms with Gasteiger partial charge in [0.2, 0.25) is 0 Å². The summed E-state index contributed by atoms with van der Waals surface area (Å²) >= 11 is 5.83. The number of alkyl halides is 3. The summed E-state index contributed by atoms with van der Waals surface area (Å²) in [6.07, 6.45) is -0.493. The molecule has 2 atom stereocenters. The molecular weight excluding hydrogens is 301 g/mol. The summed E-state index contributed by atoms with van der Waals surface area (Å²) in [6, 6.07) is 3.57. The van der Waals surface area contributed by atoms with Crippen molar-refractivity contribution in [3.05, 3.63) is 28.8 Å². The lowest BCUT2D eigenvalue weighted by Gasteiger charge is -2.36. The Kier molecular flexibility index (Phi) is 4.73. The Bertz CT molecular complexity index is 504. The molecule has 3 N–H and O–H groups in total. The fourth-order valence-electron chi connectivity index (χ4n) is 3.34. The zero-order valence-corrected chi connectivity index (χ0v) is 12.7. The van der Waals surface area contributed by atoms with Crippen LogP contribution in [0.1, 0.15) is 38.2 Å². The number of nitrogens with one attached hydrogen (secondary N) is 1. The standard InChI is InChI=1S/C15H20ClF3N2/c1-2-10-4-3-5-14(10,9-20)21-13-7-11(15(17,18)19)6-12(16)8-13/h6-8,10,21H,2-5,9,20H2,1H3. The molecule has 0 aliphatic heterocycles. The molecule has 6 heteroatoms. The van der Waals surface area contributed by atoms with Crippen LogP contribution in [0.3, 0.4) is 0 Å². The van der Waals surface area contributed by atoms with Gasteiger partial charge in [-0.05, 0) is 37.0 Å². The molecule has 1 aromatic rings. The molecule has 0 bridgehead atoms. The highest BCUT2D eigenvalue weighted by Crippen LogP contribution is 2.41. The minimum Gasteiger partial charge on any atom is -0.378 e. The Morgan fingerprint density at radius 1 is 1.38 bits per heavy atom. The van der Waals surface area contributed by atoms with Crippen molar-refractivity contribution in [3.63, 3.8) is 0 Å². The van der Waals surface area contributed by atoms with Gasteiger partial charge < -0.3 is 11.1 Å². The Labute approximate surface area is 127 Å². The quantitative estimate of drug-likeness (QED) is 0.845. The normalized spacial score (nSPS) is 26.1. The van der Waals surface area contributed by atoms with Gasteiger partial charge in [-0.15, -0.1) is 0 Å². The first-order valence-corrected chi connectivity index (χ1v) is 7.54. The third-order valence-corrected chi connectivity index (χ3v) is 4.65. The smallest absolute Gasteiger partial charge is 0.378 e. The second-order valence-corrected chi connectivity index (χ2v) is 6.15. The molecule has 0 saturated heterocycles. The van der Waals surface area contributed by atoms with Crippen LogP contribution in [0.4, 0.5) is 18.9 Å². The highest BCUT2D eigenvalue weighted by Gasteiger charge is 2.41. The molecule has 0 aromatic heterocycles. The van der Waals surface area contributed by atoms with Gasteiger partial charge in [-0.2, -0.15) is 13.2 Å². The minimum atomic E-state index is -4.41. The predicted octanol–water partition coefficient (Wildman–Crippen LogP) is 4.68. The Morgan fingerprint density at radius 2 is 2.10 bits per heavy atom. The zero-order chi connectivity index (χ0) is 15.7. The van der Waals surface area contributed by atoms with E-state index in [2.05, 4.69) is 12.2 Å². The van der Waals surface area contributed by atoms with Crippen molar-refractivity contribution in [1.82, 2.24) is 0 Å². The maximum absolute atomic E-state index is 12.9. The van der Waals surface area contributed by atoms with Gasteiger partial charge in [0.25, 0.3) is 0 Å². The van der Waals surface area contributed by atoms with E-state index < -0.39 is 11.7 Å². The van der Waals surface area contributed by atoms with Gasteiger partial charge in [-0.25, -0.2) is 0 Å². The lowest BCUT2D eigenvalue weighted by Crippen LogP contribution is -2.48. The van der Waals surface area contributed by atoms with Crippen LogP contribution in [0, 0.1) is 5.92 Å². The van der Waals surface area contributed by atoms with Gasteiger partial charge in [-0.3, -0.25) is 0 Å². The van der Waals surface area contributed by atoms with Gasteiger partial charge in [-0.1, -0.05) is 31.4 Å². The van der Waals surface area contributed by atoms with Crippen molar-refractivity contribution in [3.8, 4) is 0 Å². The number of nitrogens with two attached hydrogens (primary N) is 1. The lowest BCUT2D eigenvalue weighted by molar-refractivity contribution is -0.137. The molecule has 2 unspecified atom stereocenters. The molecule has 21 heavy (non-hydrogen) atoms. The van der Waals surface area contributed by atoms with E-state index in [1.807, 2.05) is 0 Å². The van der Waals surface area contributed by atoms with Crippen molar-refractivity contribution < 1.29 is 13.2 Å². The van der Waals surface area contributed by atoms with Crippen LogP contribution in [-0.4, -0.2) is 12.1 Å². The van der Waals surface area contributed by atoms with Crippen LogP contribution < -0.4 is 11.1 Å². The topological polar surface area (TPSA) is 38.0 Å². The first-order valence-electron chi connectivity index (χ1n) is 7.17. The molecule has 118 valence electrons. The van der Waals surface area contributed by atoms with Crippen LogP contribution in [0.15, 0.2) is 18.2 Å². The molecule has 1 aliphatic carbocycles. The number of anilines is 1. The first kappa shape index (κ1) is 16.4. The van der Waals surface area contributed by atoms with E-state index in [0.29, 0.717) is 18.2 Å². The molecule has 0 radical (unpaired) electrons. The number of benzene rings is 1. The second-order valence-electron chi connectivity index (χ2n) is 5.71. The van der Waals surface area contributed by atoms with Gasteiger partial charge in [0, 0.05) is 17.3 Å². The fraction of sp³-hybridized carbons (Fsp3) is 0.600. The molecule has 0 amide bonds. The van der Waals surface area contributed by atoms with E-state index in [4.69, 9.17) is 17.3 Å². The largest absolute Gasteiger partial charge is 0.416 e. The van der Waals surface area contributed by atoms with Crippen molar-refractivity contribution >= 4 is 17.3 Å². The average molecular weight is 321 g/mol. The second kappa shape index (κ2) is 6.05. The van der Waals surface area contributed by atoms with Crippen molar-refractivity contribution in [1.29, 1.82) is 0 Å². The number of hydrogen-bond donors (Lipinski definition) is 2. The van der Waals surface area contributed by atoms with Crippen molar-refractivity contribution in [2.24, 2.45) is 11.7 Å². The Morgan fingerprint density at radius 3 is 2.67 bits per heavy atom. The van der Waals surface area contributed by atoms with Crippen LogP contribution in [-0.2, 0) is 6.18 Å². The van der Waals surface area contributed by atoms with Crippen LogP contribution in [0.5, 0.6) is 0 Å². The molecule has 1 fully saturated rings. The van der Waals surface area contributed by atoms with Crippen molar-refractivity contribution in [2.45, 2.75) is 44.3 Å². The van der Waals surface area contributed by atoms with Crippen LogP contribution >= 0.6 is 11.6 Å². The molecule has 0 spiro atoms. The summed E-state index contributed by atoms with van der Waals surface area (Å²) in [5.41, 5.74) is 5.25. The predicted molar refractivity (Wildman–Crippen MR) is 79.5 cm³/mol. The van der Waals surface area contributed by atoms with Crippen molar-refractivity contribution in [2.75, 3.05) is 11.9 Å². The summed E-state index contributed by atoms with van der Waals surface area (Å²) in [6.45, 7) is 2.49. The lowest BCUT2D eigenvalue weighted by atomic mass is 9.84. The van der Waals surface area contributed by atoms with E-state index in [1.165, 1.54) is 6.07 Å². The molecule has 2 rings (SSSR count). The highest BCUT2D eigenvalue weighted by atomic mass is 35.5. The summed E-state index contributed by atoms with van der Waals surface area (Å²) in [4.78, 5) is 0. The third kappa shape index (κ3) is 3.46. The molecule has 1 aliphatic rings. The number of halogens is 4. The van der Waals surface area contributed by atoms with E-state index >= 15 is 0 Å². The molecule has 1 aromatic carbocycles. The number of rotatable bonds is 4. The van der Waals surface area contributed by atoms with Gasteiger partial charge >= 0.3 is 6.18 Å². The molecular formula is C15H20ClF3N2. The average Bonchev–Trinajstić information content (AvgIpc) is 2.80. The SMILES string of the molecule is CCC1CCCC1(CN)Nc1cc(Cl)cc(C(F)(F)F)c1. The first-order chi connectivity index (χ1) is 9.80. The van der Waals surface area contributed by atoms with E-state index in [-0.39, 0.29) is 10.6 Å². The van der Waals surface area contributed by atoms with Gasteiger partial charge in [0.15, 0.2) is 0 Å². The maximum atomic E-state index is 12.9. The van der Waals surface area contributed by atoms with E-state index in [9.17, 15) is 13.2 Å². The van der Waals surface area contributed by atoms with Crippen LogP contribution in [0.25, 0.3) is 0 Å².